The van der Waals surface area contributed by atoms with Gasteiger partial charge in [0.2, 0.25) is 0 Å². The summed E-state index contributed by atoms with van der Waals surface area (Å²) in [5.41, 5.74) is 3.75. The third kappa shape index (κ3) is 3.22. The number of rotatable bonds is 4. The van der Waals surface area contributed by atoms with E-state index >= 15 is 0 Å². The Balaban J connectivity index is 2.38. The van der Waals surface area contributed by atoms with Crippen molar-refractivity contribution in [3.8, 4) is 0 Å². The molecule has 0 atom stereocenters. The second kappa shape index (κ2) is 5.87. The molecule has 3 heteroatoms. The van der Waals surface area contributed by atoms with E-state index in [1.807, 2.05) is 49.4 Å². The summed E-state index contributed by atoms with van der Waals surface area (Å²) in [5.74, 6) is 0. The highest BCUT2D eigenvalue weighted by Crippen LogP contribution is 2.15. The molecule has 3 nitrogen and oxygen atoms in total. The van der Waals surface area contributed by atoms with Crippen molar-refractivity contribution in [2.45, 2.75) is 6.92 Å². The standard InChI is InChI=1S/C16H15N3/c1-12(17)15(13-6-3-2-4-7-13)10-16(18)14-8-5-9-19-11-14/h2-11,17-18H,1H3/p+1/b15-10+,17-12?,18-16?. The lowest BCUT2D eigenvalue weighted by atomic mass is 9.99. The number of nitrogens with two attached hydrogens (primary N) is 1. The van der Waals surface area contributed by atoms with Crippen molar-refractivity contribution in [2.75, 3.05) is 0 Å². The summed E-state index contributed by atoms with van der Waals surface area (Å²) < 4.78 is 0. The second-order valence-electron chi connectivity index (χ2n) is 4.26. The molecule has 0 saturated carbocycles. The molecule has 1 aromatic carbocycles. The van der Waals surface area contributed by atoms with Gasteiger partial charge < -0.3 is 5.41 Å². The Kier molecular flexibility index (Phi) is 3.98. The minimum Gasteiger partial charge on any atom is -0.300 e. The van der Waals surface area contributed by atoms with Crippen molar-refractivity contribution < 1.29 is 5.41 Å². The minimum atomic E-state index is 0.400. The molecule has 19 heavy (non-hydrogen) atoms. The molecule has 0 unspecified atom stereocenters. The Labute approximate surface area is 112 Å². The van der Waals surface area contributed by atoms with Crippen LogP contribution in [0.3, 0.4) is 0 Å². The number of hydrogen-bond acceptors (Lipinski definition) is 2. The normalized spacial score (nSPS) is 11.1. The van der Waals surface area contributed by atoms with Crippen LogP contribution < -0.4 is 5.41 Å². The molecule has 0 fully saturated rings. The predicted octanol–water partition coefficient (Wildman–Crippen LogP) is 1.75. The van der Waals surface area contributed by atoms with E-state index in [1.54, 1.807) is 18.5 Å². The molecule has 0 radical (unpaired) electrons. The molecule has 2 rings (SSSR count). The number of pyridine rings is 1. The fourth-order valence-corrected chi connectivity index (χ4v) is 1.79. The molecule has 3 N–H and O–H groups in total. The van der Waals surface area contributed by atoms with Gasteiger partial charge in [-0.15, -0.1) is 0 Å². The zero-order valence-electron chi connectivity index (χ0n) is 10.8. The fraction of sp³-hybridized carbons (Fsp3) is 0.0625. The van der Waals surface area contributed by atoms with Gasteiger partial charge in [0.15, 0.2) is 5.71 Å². The first-order valence-electron chi connectivity index (χ1n) is 6.04. The minimum absolute atomic E-state index is 0.400. The third-order valence-electron chi connectivity index (χ3n) is 2.77. The summed E-state index contributed by atoms with van der Waals surface area (Å²) in [5, 5.41) is 14.0. The SMILES string of the molecule is CC(=[NH2+])/C(=C\C(=N)c1cccnc1)c1ccccc1. The van der Waals surface area contributed by atoms with Crippen LogP contribution in [-0.4, -0.2) is 16.4 Å². The van der Waals surface area contributed by atoms with Crippen LogP contribution in [0.2, 0.25) is 0 Å². The molecule has 0 bridgehead atoms. The quantitative estimate of drug-likeness (QED) is 0.798. The average Bonchev–Trinajstić information content (AvgIpc) is 2.46. The van der Waals surface area contributed by atoms with E-state index in [-0.39, 0.29) is 0 Å². The molecular formula is C16H16N3+. The van der Waals surface area contributed by atoms with E-state index in [2.05, 4.69) is 4.98 Å². The number of hydrogen-bond donors (Lipinski definition) is 2. The summed E-state index contributed by atoms with van der Waals surface area (Å²) in [4.78, 5) is 4.02. The van der Waals surface area contributed by atoms with Gasteiger partial charge in [0, 0.05) is 30.5 Å². The predicted molar refractivity (Wildman–Crippen MR) is 78.1 cm³/mol. The van der Waals surface area contributed by atoms with Crippen LogP contribution in [0.25, 0.3) is 5.57 Å². The van der Waals surface area contributed by atoms with Gasteiger partial charge in [-0.3, -0.25) is 10.4 Å². The van der Waals surface area contributed by atoms with Gasteiger partial charge in [-0.1, -0.05) is 30.3 Å². The van der Waals surface area contributed by atoms with Crippen molar-refractivity contribution in [1.82, 2.24) is 4.98 Å². The van der Waals surface area contributed by atoms with Crippen LogP contribution in [0.1, 0.15) is 18.1 Å². The summed E-state index contributed by atoms with van der Waals surface area (Å²) in [7, 11) is 0. The number of allylic oxidation sites excluding steroid dienone is 2. The molecule has 0 spiro atoms. The Morgan fingerprint density at radius 3 is 2.37 bits per heavy atom. The summed E-state index contributed by atoms with van der Waals surface area (Å²) in [6.07, 6.45) is 5.15. The highest BCUT2D eigenvalue weighted by molar-refractivity contribution is 6.26. The van der Waals surface area contributed by atoms with Crippen molar-refractivity contribution in [3.63, 3.8) is 0 Å². The number of nitrogens with zero attached hydrogens (tertiary/aromatic N) is 1. The smallest absolute Gasteiger partial charge is 0.177 e. The van der Waals surface area contributed by atoms with Gasteiger partial charge in [0.05, 0.1) is 5.71 Å². The Morgan fingerprint density at radius 1 is 1.11 bits per heavy atom. The first-order chi connectivity index (χ1) is 9.18. The van der Waals surface area contributed by atoms with Crippen molar-refractivity contribution in [3.05, 3.63) is 72.1 Å². The van der Waals surface area contributed by atoms with Crippen LogP contribution in [0.4, 0.5) is 0 Å². The highest BCUT2D eigenvalue weighted by Gasteiger charge is 2.09. The molecule has 2 aromatic rings. The zero-order valence-corrected chi connectivity index (χ0v) is 10.8. The third-order valence-corrected chi connectivity index (χ3v) is 2.77. The maximum Gasteiger partial charge on any atom is 0.177 e. The first kappa shape index (κ1) is 12.9. The molecule has 0 saturated heterocycles. The summed E-state index contributed by atoms with van der Waals surface area (Å²) >= 11 is 0. The van der Waals surface area contributed by atoms with E-state index < -0.39 is 0 Å². The van der Waals surface area contributed by atoms with Crippen LogP contribution in [-0.2, 0) is 0 Å². The van der Waals surface area contributed by atoms with Crippen LogP contribution in [0.5, 0.6) is 0 Å². The lowest BCUT2D eigenvalue weighted by Gasteiger charge is -2.04. The van der Waals surface area contributed by atoms with Crippen LogP contribution in [0.15, 0.2) is 60.9 Å². The van der Waals surface area contributed by atoms with Gasteiger partial charge in [0.25, 0.3) is 0 Å². The van der Waals surface area contributed by atoms with E-state index in [1.165, 1.54) is 0 Å². The van der Waals surface area contributed by atoms with Gasteiger partial charge in [0.1, 0.15) is 0 Å². The highest BCUT2D eigenvalue weighted by atomic mass is 14.6. The topological polar surface area (TPSA) is 62.3 Å². The Morgan fingerprint density at radius 2 is 1.79 bits per heavy atom. The summed E-state index contributed by atoms with van der Waals surface area (Å²) in [6, 6.07) is 13.5. The monoisotopic (exact) mass is 250 g/mol. The van der Waals surface area contributed by atoms with Gasteiger partial charge >= 0.3 is 0 Å². The first-order valence-corrected chi connectivity index (χ1v) is 6.04. The molecule has 0 amide bonds. The van der Waals surface area contributed by atoms with E-state index in [4.69, 9.17) is 10.8 Å². The number of aromatic nitrogens is 1. The fourth-order valence-electron chi connectivity index (χ4n) is 1.79. The van der Waals surface area contributed by atoms with Gasteiger partial charge in [-0.05, 0) is 23.8 Å². The molecule has 0 aliphatic heterocycles. The number of benzene rings is 1. The maximum atomic E-state index is 8.12. The second-order valence-corrected chi connectivity index (χ2v) is 4.26. The lowest BCUT2D eigenvalue weighted by Crippen LogP contribution is -2.38. The zero-order chi connectivity index (χ0) is 13.7. The van der Waals surface area contributed by atoms with Crippen molar-refractivity contribution >= 4 is 17.0 Å². The van der Waals surface area contributed by atoms with E-state index in [0.717, 1.165) is 16.7 Å². The maximum absolute atomic E-state index is 8.12. The molecule has 94 valence electrons. The molecule has 0 aliphatic carbocycles. The van der Waals surface area contributed by atoms with Crippen molar-refractivity contribution in [2.24, 2.45) is 0 Å². The largest absolute Gasteiger partial charge is 0.300 e. The molecular weight excluding hydrogens is 234 g/mol. The Hall–Kier alpha value is -2.55. The number of nitrogens with one attached hydrogen (secondary N) is 1. The molecule has 1 heterocycles. The van der Waals surface area contributed by atoms with Gasteiger partial charge in [-0.2, -0.15) is 0 Å². The van der Waals surface area contributed by atoms with Gasteiger partial charge in [-0.25, -0.2) is 0 Å². The lowest BCUT2D eigenvalue weighted by molar-refractivity contribution is -0.111. The molecule has 0 aliphatic rings. The Bertz CT molecular complexity index is 613. The average molecular weight is 250 g/mol. The van der Waals surface area contributed by atoms with E-state index in [0.29, 0.717) is 11.4 Å². The van der Waals surface area contributed by atoms with Crippen LogP contribution in [0, 0.1) is 5.41 Å². The van der Waals surface area contributed by atoms with Crippen molar-refractivity contribution in [1.29, 1.82) is 5.41 Å². The summed E-state index contributed by atoms with van der Waals surface area (Å²) in [6.45, 7) is 1.84. The van der Waals surface area contributed by atoms with Crippen LogP contribution >= 0.6 is 0 Å². The molecule has 1 aromatic heterocycles. The van der Waals surface area contributed by atoms with E-state index in [9.17, 15) is 0 Å².